The van der Waals surface area contributed by atoms with E-state index in [0.29, 0.717) is 17.7 Å². The highest BCUT2D eigenvalue weighted by Gasteiger charge is 2.19. The summed E-state index contributed by atoms with van der Waals surface area (Å²) in [5.41, 5.74) is 3.72. The summed E-state index contributed by atoms with van der Waals surface area (Å²) in [4.78, 5) is 28.1. The molecule has 0 spiro atoms. The van der Waals surface area contributed by atoms with Gasteiger partial charge in [0.25, 0.3) is 0 Å². The highest BCUT2D eigenvalue weighted by atomic mass is 79.9. The molecule has 0 aliphatic heterocycles. The Labute approximate surface area is 172 Å². The number of ether oxygens (including phenoxy) is 2. The standard InChI is InChI=1S/C21H23BrN2O4/c1-13-9-16(14(2)24(13)7-4-8-27-3)20(25)12-28-21(26)18-11-23-19-6-5-15(22)10-17(18)19/h5-6,9-11,23H,4,7-8,12H2,1-3H3. The summed E-state index contributed by atoms with van der Waals surface area (Å²) in [6.07, 6.45) is 2.47. The summed E-state index contributed by atoms with van der Waals surface area (Å²) in [6.45, 7) is 5.03. The zero-order valence-electron chi connectivity index (χ0n) is 16.2. The summed E-state index contributed by atoms with van der Waals surface area (Å²) in [7, 11) is 1.67. The Morgan fingerprint density at radius 3 is 2.71 bits per heavy atom. The van der Waals surface area contributed by atoms with Crippen LogP contribution in [0.5, 0.6) is 0 Å². The van der Waals surface area contributed by atoms with Crippen LogP contribution in [0.2, 0.25) is 0 Å². The van der Waals surface area contributed by atoms with E-state index >= 15 is 0 Å². The molecule has 0 aliphatic carbocycles. The highest BCUT2D eigenvalue weighted by molar-refractivity contribution is 9.10. The van der Waals surface area contributed by atoms with Crippen LogP contribution in [0.4, 0.5) is 0 Å². The molecule has 1 aromatic carbocycles. The number of carbonyl (C=O) groups is 2. The largest absolute Gasteiger partial charge is 0.454 e. The number of methoxy groups -OCH3 is 1. The monoisotopic (exact) mass is 446 g/mol. The van der Waals surface area contributed by atoms with Gasteiger partial charge in [0.05, 0.1) is 5.56 Å². The van der Waals surface area contributed by atoms with Crippen LogP contribution < -0.4 is 0 Å². The third-order valence-electron chi connectivity index (χ3n) is 4.80. The molecule has 6 nitrogen and oxygen atoms in total. The summed E-state index contributed by atoms with van der Waals surface area (Å²) < 4.78 is 13.3. The number of aromatic nitrogens is 2. The van der Waals surface area contributed by atoms with Crippen LogP contribution in [0.1, 0.15) is 38.5 Å². The predicted molar refractivity (Wildman–Crippen MR) is 111 cm³/mol. The highest BCUT2D eigenvalue weighted by Crippen LogP contribution is 2.23. The normalized spacial score (nSPS) is 11.1. The van der Waals surface area contributed by atoms with Gasteiger partial charge in [-0.3, -0.25) is 4.79 Å². The topological polar surface area (TPSA) is 73.3 Å². The molecule has 2 aromatic heterocycles. The molecule has 0 aliphatic rings. The molecule has 7 heteroatoms. The second-order valence-electron chi connectivity index (χ2n) is 6.67. The molecule has 0 atom stereocenters. The molecule has 28 heavy (non-hydrogen) atoms. The van der Waals surface area contributed by atoms with Crippen molar-refractivity contribution in [1.29, 1.82) is 0 Å². The number of aromatic amines is 1. The molecule has 3 aromatic rings. The molecule has 1 N–H and O–H groups in total. The van der Waals surface area contributed by atoms with Crippen molar-refractivity contribution in [3.8, 4) is 0 Å². The summed E-state index contributed by atoms with van der Waals surface area (Å²) >= 11 is 3.40. The van der Waals surface area contributed by atoms with Crippen molar-refractivity contribution in [3.63, 3.8) is 0 Å². The number of ketones is 1. The van der Waals surface area contributed by atoms with Crippen LogP contribution in [-0.2, 0) is 16.0 Å². The van der Waals surface area contributed by atoms with Gasteiger partial charge in [0.1, 0.15) is 0 Å². The van der Waals surface area contributed by atoms with Crippen molar-refractivity contribution >= 4 is 38.6 Å². The van der Waals surface area contributed by atoms with Gasteiger partial charge in [-0.05, 0) is 44.5 Å². The number of nitrogens with one attached hydrogen (secondary N) is 1. The first kappa shape index (κ1) is 20.4. The molecule has 0 amide bonds. The second kappa shape index (κ2) is 8.75. The number of hydrogen-bond acceptors (Lipinski definition) is 4. The molecule has 0 saturated heterocycles. The molecule has 3 rings (SSSR count). The Morgan fingerprint density at radius 2 is 1.96 bits per heavy atom. The molecule has 2 heterocycles. The van der Waals surface area contributed by atoms with Gasteiger partial charge in [-0.25, -0.2) is 4.79 Å². The van der Waals surface area contributed by atoms with Crippen LogP contribution in [0, 0.1) is 13.8 Å². The molecule has 0 unspecified atom stereocenters. The Morgan fingerprint density at radius 1 is 1.18 bits per heavy atom. The first-order valence-electron chi connectivity index (χ1n) is 9.05. The molecule has 0 saturated carbocycles. The third-order valence-corrected chi connectivity index (χ3v) is 5.30. The van der Waals surface area contributed by atoms with E-state index in [9.17, 15) is 9.59 Å². The van der Waals surface area contributed by atoms with Gasteiger partial charge < -0.3 is 19.0 Å². The maximum absolute atomic E-state index is 12.6. The predicted octanol–water partition coefficient (Wildman–Crippen LogP) is 4.42. The fourth-order valence-electron chi connectivity index (χ4n) is 3.34. The smallest absolute Gasteiger partial charge is 0.340 e. The van der Waals surface area contributed by atoms with E-state index in [-0.39, 0.29) is 12.4 Å². The lowest BCUT2D eigenvalue weighted by Gasteiger charge is -2.09. The van der Waals surface area contributed by atoms with Gasteiger partial charge in [-0.15, -0.1) is 0 Å². The van der Waals surface area contributed by atoms with E-state index in [1.54, 1.807) is 13.3 Å². The van der Waals surface area contributed by atoms with Crippen molar-refractivity contribution < 1.29 is 19.1 Å². The van der Waals surface area contributed by atoms with Gasteiger partial charge in [-0.1, -0.05) is 15.9 Å². The van der Waals surface area contributed by atoms with Gasteiger partial charge in [0.15, 0.2) is 6.61 Å². The second-order valence-corrected chi connectivity index (χ2v) is 7.59. The van der Waals surface area contributed by atoms with Crippen LogP contribution in [0.25, 0.3) is 10.9 Å². The maximum atomic E-state index is 12.6. The number of fused-ring (bicyclic) bond motifs is 1. The Hall–Kier alpha value is -2.38. The molecular weight excluding hydrogens is 424 g/mol. The van der Waals surface area contributed by atoms with E-state index in [2.05, 4.69) is 25.5 Å². The summed E-state index contributed by atoms with van der Waals surface area (Å²) in [6, 6.07) is 7.46. The lowest BCUT2D eigenvalue weighted by atomic mass is 10.1. The van der Waals surface area contributed by atoms with Crippen molar-refractivity contribution in [2.45, 2.75) is 26.8 Å². The first-order chi connectivity index (χ1) is 13.4. The van der Waals surface area contributed by atoms with Gasteiger partial charge in [0.2, 0.25) is 5.78 Å². The van der Waals surface area contributed by atoms with E-state index in [1.807, 2.05) is 38.1 Å². The van der Waals surface area contributed by atoms with Crippen molar-refractivity contribution in [1.82, 2.24) is 9.55 Å². The molecule has 0 bridgehead atoms. The Bertz CT molecular complexity index is 1020. The van der Waals surface area contributed by atoms with Crippen molar-refractivity contribution in [2.24, 2.45) is 0 Å². The SMILES string of the molecule is COCCCn1c(C)cc(C(=O)COC(=O)c2c[nH]c3ccc(Br)cc23)c1C. The van der Waals surface area contributed by atoms with Crippen LogP contribution >= 0.6 is 15.9 Å². The Balaban J connectivity index is 1.69. The van der Waals surface area contributed by atoms with E-state index in [4.69, 9.17) is 9.47 Å². The number of halogens is 1. The minimum Gasteiger partial charge on any atom is -0.454 e. The van der Waals surface area contributed by atoms with Crippen LogP contribution in [-0.4, -0.2) is 41.6 Å². The minimum absolute atomic E-state index is 0.208. The number of H-pyrrole nitrogens is 1. The lowest BCUT2D eigenvalue weighted by Crippen LogP contribution is -2.15. The lowest BCUT2D eigenvalue weighted by molar-refractivity contribution is 0.0476. The fraction of sp³-hybridized carbons (Fsp3) is 0.333. The quantitative estimate of drug-likeness (QED) is 0.315. The number of benzene rings is 1. The number of aryl methyl sites for hydroxylation is 1. The van der Waals surface area contributed by atoms with E-state index in [0.717, 1.165) is 39.7 Å². The molecule has 0 radical (unpaired) electrons. The van der Waals surface area contributed by atoms with Gasteiger partial charge in [0, 0.05) is 58.8 Å². The number of nitrogens with zero attached hydrogens (tertiary/aromatic N) is 1. The zero-order chi connectivity index (χ0) is 20.3. The maximum Gasteiger partial charge on any atom is 0.340 e. The van der Waals surface area contributed by atoms with E-state index < -0.39 is 5.97 Å². The molecule has 148 valence electrons. The third kappa shape index (κ3) is 4.20. The summed E-state index contributed by atoms with van der Waals surface area (Å²) in [5, 5.41) is 0.753. The summed E-state index contributed by atoms with van der Waals surface area (Å²) in [5.74, 6) is -0.730. The molecule has 0 fully saturated rings. The number of rotatable bonds is 8. The van der Waals surface area contributed by atoms with Crippen molar-refractivity contribution in [3.05, 3.63) is 57.4 Å². The van der Waals surface area contributed by atoms with Crippen molar-refractivity contribution in [2.75, 3.05) is 20.3 Å². The number of esters is 1. The Kier molecular flexibility index (Phi) is 6.36. The zero-order valence-corrected chi connectivity index (χ0v) is 17.8. The van der Waals surface area contributed by atoms with E-state index in [1.165, 1.54) is 0 Å². The van der Waals surface area contributed by atoms with Crippen LogP contribution in [0.15, 0.2) is 34.9 Å². The first-order valence-corrected chi connectivity index (χ1v) is 9.84. The van der Waals surface area contributed by atoms with Crippen LogP contribution in [0.3, 0.4) is 0 Å². The van der Waals surface area contributed by atoms with Gasteiger partial charge in [-0.2, -0.15) is 0 Å². The average molecular weight is 447 g/mol. The van der Waals surface area contributed by atoms with Gasteiger partial charge >= 0.3 is 5.97 Å². The number of Topliss-reactive ketones (excluding diaryl/α,β-unsaturated/α-hetero) is 1. The fourth-order valence-corrected chi connectivity index (χ4v) is 3.70. The average Bonchev–Trinajstić information content (AvgIpc) is 3.21. The molecular formula is C21H23BrN2O4. The number of carbonyl (C=O) groups excluding carboxylic acids is 2. The number of hydrogen-bond donors (Lipinski definition) is 1. The minimum atomic E-state index is -0.522.